The van der Waals surface area contributed by atoms with Crippen LogP contribution in [0.3, 0.4) is 0 Å². The van der Waals surface area contributed by atoms with E-state index in [-0.39, 0.29) is 11.8 Å². The summed E-state index contributed by atoms with van der Waals surface area (Å²) in [5.74, 6) is 0.211. The lowest BCUT2D eigenvalue weighted by Crippen LogP contribution is -2.50. The first-order valence-electron chi connectivity index (χ1n) is 8.49. The van der Waals surface area contributed by atoms with Gasteiger partial charge in [-0.1, -0.05) is 12.1 Å². The monoisotopic (exact) mass is 384 g/mol. The molecule has 0 atom stereocenters. The Morgan fingerprint density at radius 2 is 2.00 bits per heavy atom. The Hall–Kier alpha value is -3.07. The lowest BCUT2D eigenvalue weighted by Gasteiger charge is -2.34. The maximum absolute atomic E-state index is 13.4. The largest absolute Gasteiger partial charge is 0.343 e. The maximum Gasteiger partial charge on any atom is 0.322 e. The third kappa shape index (κ3) is 4.03. The highest BCUT2D eigenvalue weighted by molar-refractivity contribution is 7.09. The van der Waals surface area contributed by atoms with Crippen molar-refractivity contribution in [2.75, 3.05) is 36.4 Å². The van der Waals surface area contributed by atoms with Crippen molar-refractivity contribution in [1.82, 2.24) is 19.2 Å². The maximum atomic E-state index is 13.4. The molecule has 0 spiro atoms. The minimum atomic E-state index is -0.308. The third-order valence-corrected chi connectivity index (χ3v) is 5.03. The molecule has 0 radical (unpaired) electrons. The highest BCUT2D eigenvalue weighted by atomic mass is 32.1. The van der Waals surface area contributed by atoms with E-state index in [1.807, 2.05) is 0 Å². The minimum Gasteiger partial charge on any atom is -0.343 e. The summed E-state index contributed by atoms with van der Waals surface area (Å²) in [4.78, 5) is 24.7. The second-order valence-electron chi connectivity index (χ2n) is 6.06. The molecule has 1 saturated heterocycles. The van der Waals surface area contributed by atoms with Crippen molar-refractivity contribution >= 4 is 28.4 Å². The average Bonchev–Trinajstić information content (AvgIpc) is 3.19. The Morgan fingerprint density at radius 3 is 2.74 bits per heavy atom. The van der Waals surface area contributed by atoms with Crippen molar-refractivity contribution in [2.45, 2.75) is 0 Å². The van der Waals surface area contributed by atoms with E-state index in [1.165, 1.54) is 23.7 Å². The van der Waals surface area contributed by atoms with Crippen LogP contribution in [0.15, 0.2) is 48.8 Å². The van der Waals surface area contributed by atoms with E-state index in [2.05, 4.69) is 24.6 Å². The number of nitrogens with zero attached hydrogens (tertiary/aromatic N) is 5. The number of halogens is 1. The van der Waals surface area contributed by atoms with Crippen molar-refractivity contribution in [2.24, 2.45) is 0 Å². The molecule has 9 heteroatoms. The molecule has 1 N–H and O–H groups in total. The first kappa shape index (κ1) is 17.3. The van der Waals surface area contributed by atoms with Crippen molar-refractivity contribution < 1.29 is 9.18 Å². The van der Waals surface area contributed by atoms with Crippen molar-refractivity contribution in [1.29, 1.82) is 0 Å². The Morgan fingerprint density at radius 1 is 1.15 bits per heavy atom. The number of amides is 2. The van der Waals surface area contributed by atoms with Gasteiger partial charge in [0.05, 0.1) is 11.9 Å². The van der Waals surface area contributed by atoms with E-state index in [1.54, 1.807) is 41.6 Å². The topological polar surface area (TPSA) is 74.2 Å². The number of hydrogen-bond acceptors (Lipinski definition) is 6. The summed E-state index contributed by atoms with van der Waals surface area (Å²) in [7, 11) is 0. The smallest absolute Gasteiger partial charge is 0.322 e. The molecule has 1 aromatic carbocycles. The molecule has 2 amide bonds. The minimum absolute atomic E-state index is 0.139. The summed E-state index contributed by atoms with van der Waals surface area (Å²) in [6.45, 7) is 2.50. The number of anilines is 2. The number of piperazine rings is 1. The van der Waals surface area contributed by atoms with Crippen LogP contribution in [0.2, 0.25) is 0 Å². The van der Waals surface area contributed by atoms with Gasteiger partial charge in [-0.15, -0.1) is 0 Å². The average molecular weight is 384 g/mol. The van der Waals surface area contributed by atoms with Crippen molar-refractivity contribution in [3.05, 3.63) is 54.6 Å². The molecule has 27 heavy (non-hydrogen) atoms. The van der Waals surface area contributed by atoms with Gasteiger partial charge in [-0.2, -0.15) is 9.36 Å². The van der Waals surface area contributed by atoms with Gasteiger partial charge in [0.2, 0.25) is 5.13 Å². The van der Waals surface area contributed by atoms with Crippen LogP contribution in [0.4, 0.5) is 20.0 Å². The fourth-order valence-corrected chi connectivity index (χ4v) is 3.57. The molecule has 1 aliphatic heterocycles. The fourth-order valence-electron chi connectivity index (χ4n) is 2.83. The number of benzene rings is 1. The molecular weight excluding hydrogens is 367 g/mol. The number of carbonyl (C=O) groups excluding carboxylic acids is 1. The van der Waals surface area contributed by atoms with Crippen LogP contribution in [0.25, 0.3) is 11.4 Å². The molecule has 3 heterocycles. The Balaban J connectivity index is 1.36. The van der Waals surface area contributed by atoms with Crippen molar-refractivity contribution in [3.8, 4) is 11.4 Å². The van der Waals surface area contributed by atoms with Gasteiger partial charge in [-0.25, -0.2) is 9.18 Å². The lowest BCUT2D eigenvalue weighted by atomic mass is 10.2. The van der Waals surface area contributed by atoms with Crippen LogP contribution in [-0.4, -0.2) is 51.5 Å². The Bertz CT molecular complexity index is 926. The second kappa shape index (κ2) is 7.67. The van der Waals surface area contributed by atoms with E-state index >= 15 is 0 Å². The van der Waals surface area contributed by atoms with Gasteiger partial charge in [0, 0.05) is 49.5 Å². The van der Waals surface area contributed by atoms with Gasteiger partial charge in [0.1, 0.15) is 5.82 Å². The predicted octanol–water partition coefficient (Wildman–Crippen LogP) is 3.09. The molecule has 4 rings (SSSR count). The van der Waals surface area contributed by atoms with Gasteiger partial charge in [0.25, 0.3) is 0 Å². The van der Waals surface area contributed by atoms with Crippen LogP contribution in [0.1, 0.15) is 0 Å². The quantitative estimate of drug-likeness (QED) is 0.751. The zero-order valence-corrected chi connectivity index (χ0v) is 15.2. The van der Waals surface area contributed by atoms with Gasteiger partial charge < -0.3 is 15.1 Å². The summed E-state index contributed by atoms with van der Waals surface area (Å²) >= 11 is 1.28. The molecular formula is C18H17FN6OS. The predicted molar refractivity (Wildman–Crippen MR) is 102 cm³/mol. The number of rotatable bonds is 3. The number of nitrogens with one attached hydrogen (secondary N) is 1. The van der Waals surface area contributed by atoms with Crippen LogP contribution in [0, 0.1) is 5.82 Å². The zero-order valence-electron chi connectivity index (χ0n) is 14.4. The van der Waals surface area contributed by atoms with E-state index in [0.29, 0.717) is 43.3 Å². The number of pyridine rings is 1. The normalized spacial score (nSPS) is 14.3. The third-order valence-electron chi connectivity index (χ3n) is 4.25. The van der Waals surface area contributed by atoms with Crippen molar-refractivity contribution in [3.63, 3.8) is 0 Å². The summed E-state index contributed by atoms with van der Waals surface area (Å²) in [6.07, 6.45) is 3.28. The molecule has 0 aliphatic carbocycles. The molecule has 3 aromatic rings. The van der Waals surface area contributed by atoms with E-state index < -0.39 is 0 Å². The van der Waals surface area contributed by atoms with Gasteiger partial charge >= 0.3 is 6.03 Å². The van der Waals surface area contributed by atoms with Gasteiger partial charge in [-0.05, 0) is 24.3 Å². The molecule has 0 bridgehead atoms. The number of carbonyl (C=O) groups is 1. The molecule has 7 nitrogen and oxygen atoms in total. The van der Waals surface area contributed by atoms with Gasteiger partial charge in [-0.3, -0.25) is 4.98 Å². The fraction of sp³-hybridized carbons (Fsp3) is 0.222. The standard InChI is InChI=1S/C18H17FN6OS/c19-14-4-1-3-13(11-14)16-22-18(27-23-16)25-9-7-24(8-10-25)17(26)21-15-5-2-6-20-12-15/h1-6,11-12H,7-10H2,(H,21,26). The van der Waals surface area contributed by atoms with E-state index in [0.717, 1.165) is 5.13 Å². The second-order valence-corrected chi connectivity index (χ2v) is 6.79. The van der Waals surface area contributed by atoms with Crippen LogP contribution in [-0.2, 0) is 0 Å². The molecule has 2 aromatic heterocycles. The molecule has 0 saturated carbocycles. The molecule has 1 aliphatic rings. The summed E-state index contributed by atoms with van der Waals surface area (Å²) in [6, 6.07) is 9.69. The number of hydrogen-bond donors (Lipinski definition) is 1. The van der Waals surface area contributed by atoms with E-state index in [9.17, 15) is 9.18 Å². The van der Waals surface area contributed by atoms with Crippen LogP contribution < -0.4 is 10.2 Å². The van der Waals surface area contributed by atoms with E-state index in [4.69, 9.17) is 0 Å². The highest BCUT2D eigenvalue weighted by Gasteiger charge is 2.23. The molecule has 138 valence electrons. The SMILES string of the molecule is O=C(Nc1cccnc1)N1CCN(c2nc(-c3cccc(F)c3)ns2)CC1. The lowest BCUT2D eigenvalue weighted by molar-refractivity contribution is 0.208. The summed E-state index contributed by atoms with van der Waals surface area (Å²) < 4.78 is 17.7. The van der Waals surface area contributed by atoms with Gasteiger partial charge in [0.15, 0.2) is 5.82 Å². The first-order valence-corrected chi connectivity index (χ1v) is 9.27. The molecule has 0 unspecified atom stereocenters. The van der Waals surface area contributed by atoms with Crippen LogP contribution in [0.5, 0.6) is 0 Å². The summed E-state index contributed by atoms with van der Waals surface area (Å²) in [5.41, 5.74) is 1.33. The zero-order chi connectivity index (χ0) is 18.6. The number of urea groups is 1. The first-order chi connectivity index (χ1) is 13.2. The summed E-state index contributed by atoms with van der Waals surface area (Å²) in [5, 5.41) is 3.62. The Labute approximate surface area is 159 Å². The molecule has 1 fully saturated rings. The Kier molecular flexibility index (Phi) is 4.93. The van der Waals surface area contributed by atoms with Crippen LogP contribution >= 0.6 is 11.5 Å². The highest BCUT2D eigenvalue weighted by Crippen LogP contribution is 2.25. The number of aromatic nitrogens is 3.